The van der Waals surface area contributed by atoms with E-state index in [0.29, 0.717) is 46.8 Å². The van der Waals surface area contributed by atoms with E-state index in [9.17, 15) is 10.2 Å². The number of rotatable bonds is 9. The molecule has 6 unspecified atom stereocenters. The number of aliphatic hydroxyl groups is 2. The zero-order chi connectivity index (χ0) is 43.8. The van der Waals surface area contributed by atoms with Crippen molar-refractivity contribution in [1.29, 1.82) is 0 Å². The van der Waals surface area contributed by atoms with Crippen LogP contribution in [-0.4, -0.2) is 67.7 Å². The van der Waals surface area contributed by atoms with Crippen LogP contribution in [0.2, 0.25) is 0 Å². The van der Waals surface area contributed by atoms with Gasteiger partial charge in [0.25, 0.3) is 0 Å². The first-order chi connectivity index (χ1) is 31.3. The Kier molecular flexibility index (Phi) is 11.0. The first-order valence-corrected chi connectivity index (χ1v) is 22.1. The van der Waals surface area contributed by atoms with Gasteiger partial charge < -0.3 is 35.3 Å². The number of nitrogens with zero attached hydrogens (tertiary/aromatic N) is 2. The fraction of sp³-hybridized carbons (Fsp3) is 0.308. The van der Waals surface area contributed by atoms with Gasteiger partial charge in [-0.3, -0.25) is 19.3 Å². The monoisotopic (exact) mass is 855 g/mol. The molecule has 1 saturated carbocycles. The number of aromatic amines is 1. The molecule has 0 bridgehead atoms. The molecule has 1 aliphatic carbocycles. The highest BCUT2D eigenvalue weighted by Crippen LogP contribution is 2.65. The van der Waals surface area contributed by atoms with Crippen molar-refractivity contribution in [2.45, 2.75) is 80.3 Å². The van der Waals surface area contributed by atoms with E-state index in [1.54, 1.807) is 12.1 Å². The Bertz CT molecular complexity index is 2740. The van der Waals surface area contributed by atoms with Gasteiger partial charge in [0.05, 0.1) is 42.2 Å². The van der Waals surface area contributed by atoms with Crippen LogP contribution in [0.4, 0.5) is 5.69 Å². The molecule has 4 heterocycles. The van der Waals surface area contributed by atoms with E-state index >= 15 is 14.4 Å². The number of aliphatic hydroxyl groups excluding tert-OH is 1. The lowest BCUT2D eigenvalue weighted by Crippen LogP contribution is -2.54. The highest BCUT2D eigenvalue weighted by atomic mass is 16.6. The summed E-state index contributed by atoms with van der Waals surface area (Å²) in [4.78, 5) is 56.5. The number of morpholine rings is 1. The number of H-pyrrole nitrogens is 1. The number of carbonyl (C=O) groups excluding carboxylic acids is 3. The normalized spacial score (nSPS) is 24.8. The van der Waals surface area contributed by atoms with Crippen molar-refractivity contribution in [1.82, 2.24) is 20.2 Å². The first-order valence-electron chi connectivity index (χ1n) is 22.1. The lowest BCUT2D eigenvalue weighted by Gasteiger charge is -2.46. The lowest BCUT2D eigenvalue weighted by atomic mass is 9.65. The largest absolute Gasteiger partial charge is 0.491 e. The van der Waals surface area contributed by atoms with Crippen molar-refractivity contribution in [2.24, 2.45) is 5.92 Å². The zero-order valence-electron chi connectivity index (χ0n) is 35.2. The number of imidazole rings is 1. The van der Waals surface area contributed by atoms with Gasteiger partial charge >= 0.3 is 5.97 Å². The maximum Gasteiger partial charge on any atom is 0.324 e. The standard InChI is InChI=1S/C52H49N5O7/c58-29-30-63-41-22-12-9-19-36(41)47-52(37-31-33(23-24-38(37)56-50(52)61)25-28-51(62)26-13-1-2-14-27-51)43(48(59)53-32-42-54-39-20-10-11-21-40(39)55-42)45-49(60)64-46(35-17-7-4-8-18-35)44(57(45)47)34-15-5-3-6-16-34/h3-12,15-24,31,43-47,58,62H,1-2,13-14,26-27,29-30,32H2,(H,53,59)(H,54,55)(H,56,61). The maximum atomic E-state index is 15.7. The van der Waals surface area contributed by atoms with E-state index in [-0.39, 0.29) is 19.8 Å². The second kappa shape index (κ2) is 17.1. The van der Waals surface area contributed by atoms with Crippen molar-refractivity contribution in [3.05, 3.63) is 161 Å². The number of esters is 1. The number of cyclic esters (lactones) is 1. The second-order valence-corrected chi connectivity index (χ2v) is 17.2. The van der Waals surface area contributed by atoms with Gasteiger partial charge in [0, 0.05) is 16.8 Å². The molecule has 10 rings (SSSR count). The predicted molar refractivity (Wildman–Crippen MR) is 240 cm³/mol. The van der Waals surface area contributed by atoms with Gasteiger partial charge in [-0.05, 0) is 78.8 Å². The summed E-state index contributed by atoms with van der Waals surface area (Å²) in [5.74, 6) is 4.26. The Morgan fingerprint density at radius 2 is 1.56 bits per heavy atom. The van der Waals surface area contributed by atoms with E-state index in [1.165, 1.54) is 0 Å². The van der Waals surface area contributed by atoms with Gasteiger partial charge in [-0.2, -0.15) is 0 Å². The third kappa shape index (κ3) is 7.19. The minimum absolute atomic E-state index is 0.0178. The number of benzene rings is 5. The second-order valence-electron chi connectivity index (χ2n) is 17.2. The third-order valence-corrected chi connectivity index (χ3v) is 13.4. The Balaban J connectivity index is 1.21. The molecule has 5 aromatic carbocycles. The average Bonchev–Trinajstić information content (AvgIpc) is 3.92. The topological polar surface area (TPSA) is 166 Å². The van der Waals surface area contributed by atoms with Crippen molar-refractivity contribution in [3.63, 3.8) is 0 Å². The number of hydrogen-bond donors (Lipinski definition) is 5. The minimum atomic E-state index is -1.80. The number of fused-ring (bicyclic) bond motifs is 4. The van der Waals surface area contributed by atoms with Crippen LogP contribution in [0.3, 0.4) is 0 Å². The summed E-state index contributed by atoms with van der Waals surface area (Å²) in [6, 6.07) is 36.4. The molecule has 3 fully saturated rings. The molecule has 6 atom stereocenters. The van der Waals surface area contributed by atoms with Crippen molar-refractivity contribution < 1.29 is 34.1 Å². The van der Waals surface area contributed by atoms with Crippen molar-refractivity contribution in [3.8, 4) is 17.6 Å². The molecule has 2 saturated heterocycles. The van der Waals surface area contributed by atoms with E-state index in [0.717, 1.165) is 47.8 Å². The molecular formula is C52H49N5O7. The quantitative estimate of drug-likeness (QED) is 0.0588. The number of amides is 2. The number of aromatic nitrogens is 2. The van der Waals surface area contributed by atoms with Gasteiger partial charge in [0.15, 0.2) is 0 Å². The molecular weight excluding hydrogens is 807 g/mol. The summed E-state index contributed by atoms with van der Waals surface area (Å²) in [6.45, 7) is -0.324. The zero-order valence-corrected chi connectivity index (χ0v) is 35.2. The van der Waals surface area contributed by atoms with Gasteiger partial charge in [-0.1, -0.05) is 116 Å². The molecule has 1 spiro atoms. The van der Waals surface area contributed by atoms with Gasteiger partial charge in [0.1, 0.15) is 41.3 Å². The van der Waals surface area contributed by atoms with Crippen LogP contribution in [0, 0.1) is 17.8 Å². The SMILES string of the molecule is O=C1OC(c2ccccc2)C(c2ccccc2)N2C1C(C(=O)NCc1nc3ccccc3[nH]1)C1(C(=O)Nc3ccc(C#CC4(O)CCCCCC4)cc31)C2c1ccccc1OCCO. The van der Waals surface area contributed by atoms with Crippen LogP contribution in [-0.2, 0) is 31.1 Å². The molecule has 324 valence electrons. The molecule has 6 aromatic rings. The summed E-state index contributed by atoms with van der Waals surface area (Å²) >= 11 is 0. The van der Waals surface area contributed by atoms with Crippen LogP contribution in [0.5, 0.6) is 5.75 Å². The van der Waals surface area contributed by atoms with Gasteiger partial charge in [0.2, 0.25) is 11.8 Å². The third-order valence-electron chi connectivity index (χ3n) is 13.4. The smallest absolute Gasteiger partial charge is 0.324 e. The van der Waals surface area contributed by atoms with Crippen LogP contribution in [0.25, 0.3) is 11.0 Å². The van der Waals surface area contributed by atoms with Crippen LogP contribution in [0.1, 0.15) is 90.4 Å². The van der Waals surface area contributed by atoms with E-state index < -0.39 is 58.9 Å². The number of anilines is 1. The Labute approximate surface area is 371 Å². The number of hydrogen-bond acceptors (Lipinski definition) is 9. The van der Waals surface area contributed by atoms with Crippen LogP contribution in [0.15, 0.2) is 127 Å². The van der Waals surface area contributed by atoms with E-state index in [4.69, 9.17) is 14.5 Å². The molecule has 3 aliphatic heterocycles. The van der Waals surface area contributed by atoms with Crippen LogP contribution >= 0.6 is 0 Å². The van der Waals surface area contributed by atoms with E-state index in [1.807, 2.05) is 120 Å². The summed E-state index contributed by atoms with van der Waals surface area (Å²) in [5, 5.41) is 27.8. The Morgan fingerprint density at radius 1 is 0.859 bits per heavy atom. The molecule has 2 amide bonds. The minimum Gasteiger partial charge on any atom is -0.491 e. The summed E-state index contributed by atoms with van der Waals surface area (Å²) in [7, 11) is 0. The fourth-order valence-electron chi connectivity index (χ4n) is 10.6. The predicted octanol–water partition coefficient (Wildman–Crippen LogP) is 6.96. The molecule has 4 aliphatic rings. The lowest BCUT2D eigenvalue weighted by molar-refractivity contribution is -0.178. The summed E-state index contributed by atoms with van der Waals surface area (Å²) in [6.07, 6.45) is 4.12. The van der Waals surface area contributed by atoms with Gasteiger partial charge in [-0.15, -0.1) is 0 Å². The molecule has 12 heteroatoms. The van der Waals surface area contributed by atoms with Crippen molar-refractivity contribution >= 4 is 34.5 Å². The molecule has 0 radical (unpaired) electrons. The number of ether oxygens (including phenoxy) is 2. The Hall–Kier alpha value is -6.78. The Morgan fingerprint density at radius 3 is 2.31 bits per heavy atom. The number of carbonyl (C=O) groups is 3. The first kappa shape index (κ1) is 41.2. The average molecular weight is 856 g/mol. The summed E-state index contributed by atoms with van der Waals surface area (Å²) in [5.41, 5.74) is 2.17. The van der Waals surface area contributed by atoms with E-state index in [2.05, 4.69) is 27.5 Å². The summed E-state index contributed by atoms with van der Waals surface area (Å²) < 4.78 is 12.8. The van der Waals surface area contributed by atoms with Crippen molar-refractivity contribution in [2.75, 3.05) is 18.5 Å². The van der Waals surface area contributed by atoms with Crippen LogP contribution < -0.4 is 15.4 Å². The number of para-hydroxylation sites is 3. The molecule has 12 nitrogen and oxygen atoms in total. The fourth-order valence-corrected chi connectivity index (χ4v) is 10.6. The van der Waals surface area contributed by atoms with Gasteiger partial charge in [-0.25, -0.2) is 4.98 Å². The highest BCUT2D eigenvalue weighted by molar-refractivity contribution is 6.12. The maximum absolute atomic E-state index is 15.7. The highest BCUT2D eigenvalue weighted by Gasteiger charge is 2.74. The molecule has 64 heavy (non-hydrogen) atoms. The molecule has 1 aromatic heterocycles. The molecule has 5 N–H and O–H groups in total. The number of nitrogens with one attached hydrogen (secondary N) is 3.